The predicted molar refractivity (Wildman–Crippen MR) is 99.8 cm³/mol. The van der Waals surface area contributed by atoms with Crippen molar-refractivity contribution in [2.24, 2.45) is 0 Å². The second-order valence-corrected chi connectivity index (χ2v) is 5.66. The number of allylic oxidation sites excluding steroid dienone is 1. The molecule has 1 N–H and O–H groups in total. The molecule has 6 heteroatoms. The maximum Gasteiger partial charge on any atom is 0.325 e. The van der Waals surface area contributed by atoms with E-state index in [4.69, 9.17) is 0 Å². The second kappa shape index (κ2) is 9.98. The molecule has 0 fully saturated rings. The first-order valence-corrected chi connectivity index (χ1v) is 8.37. The molecule has 0 saturated carbocycles. The van der Waals surface area contributed by atoms with Gasteiger partial charge in [0.05, 0.1) is 7.11 Å². The lowest BCUT2D eigenvalue weighted by molar-refractivity contribution is -0.139. The van der Waals surface area contributed by atoms with E-state index in [-0.39, 0.29) is 18.0 Å². The highest BCUT2D eigenvalue weighted by Crippen LogP contribution is 2.08. The number of unbranched alkanes of at least 4 members (excludes halogenated alkanes) is 1. The van der Waals surface area contributed by atoms with Gasteiger partial charge in [0.1, 0.15) is 6.54 Å². The number of benzene rings is 1. The minimum Gasteiger partial charge on any atom is -0.468 e. The molecule has 0 aliphatic carbocycles. The number of ether oxygens (including phenoxy) is 1. The van der Waals surface area contributed by atoms with E-state index in [1.54, 1.807) is 41.1 Å². The summed E-state index contributed by atoms with van der Waals surface area (Å²) in [5.41, 5.74) is 1.38. The fourth-order valence-corrected chi connectivity index (χ4v) is 2.35. The topological polar surface area (TPSA) is 77.4 Å². The zero-order valence-corrected chi connectivity index (χ0v) is 14.7. The standard InChI is InChI=1S/C20H22N2O4/c1-26-19(24)15-21-20(25)17-10-7-9-16(14-17)8-3-2-5-12-22-13-6-4-11-18(22)23/h3-4,6-11,13-14H,2,5,12,15H2,1H3,(H,21,25)/b8-3-. The van der Waals surface area contributed by atoms with Gasteiger partial charge < -0.3 is 14.6 Å². The van der Waals surface area contributed by atoms with Crippen molar-refractivity contribution in [1.29, 1.82) is 0 Å². The molecule has 0 spiro atoms. The van der Waals surface area contributed by atoms with Crippen LogP contribution in [0.25, 0.3) is 6.08 Å². The van der Waals surface area contributed by atoms with Gasteiger partial charge in [-0.1, -0.05) is 30.4 Å². The molecule has 2 aromatic rings. The molecule has 136 valence electrons. The van der Waals surface area contributed by atoms with Crippen LogP contribution in [-0.4, -0.2) is 30.1 Å². The fourth-order valence-electron chi connectivity index (χ4n) is 2.35. The summed E-state index contributed by atoms with van der Waals surface area (Å²) in [4.78, 5) is 34.7. The maximum absolute atomic E-state index is 12.0. The normalized spacial score (nSPS) is 10.7. The van der Waals surface area contributed by atoms with Crippen LogP contribution in [0.3, 0.4) is 0 Å². The van der Waals surface area contributed by atoms with Crippen LogP contribution in [0.4, 0.5) is 0 Å². The number of carbonyl (C=O) groups excluding carboxylic acids is 2. The van der Waals surface area contributed by atoms with Crippen LogP contribution in [0.2, 0.25) is 0 Å². The number of methoxy groups -OCH3 is 1. The average molecular weight is 354 g/mol. The van der Waals surface area contributed by atoms with E-state index in [0.717, 1.165) is 18.4 Å². The van der Waals surface area contributed by atoms with Gasteiger partial charge in [0.2, 0.25) is 5.56 Å². The first-order valence-electron chi connectivity index (χ1n) is 8.37. The van der Waals surface area contributed by atoms with Crippen LogP contribution < -0.4 is 10.9 Å². The maximum atomic E-state index is 12.0. The summed E-state index contributed by atoms with van der Waals surface area (Å²) < 4.78 is 6.17. The summed E-state index contributed by atoms with van der Waals surface area (Å²) in [5.74, 6) is -0.818. The summed E-state index contributed by atoms with van der Waals surface area (Å²) >= 11 is 0. The zero-order chi connectivity index (χ0) is 18.8. The van der Waals surface area contributed by atoms with Gasteiger partial charge in [-0.05, 0) is 36.6 Å². The van der Waals surface area contributed by atoms with E-state index in [1.165, 1.54) is 7.11 Å². The Morgan fingerprint density at radius 3 is 2.81 bits per heavy atom. The molecule has 6 nitrogen and oxygen atoms in total. The third-order valence-corrected chi connectivity index (χ3v) is 3.75. The van der Waals surface area contributed by atoms with Gasteiger partial charge in [0.25, 0.3) is 5.91 Å². The lowest BCUT2D eigenvalue weighted by atomic mass is 10.1. The highest BCUT2D eigenvalue weighted by atomic mass is 16.5. The molecule has 0 aliphatic rings. The van der Waals surface area contributed by atoms with Crippen LogP contribution in [0.1, 0.15) is 28.8 Å². The number of hydrogen-bond acceptors (Lipinski definition) is 4. The largest absolute Gasteiger partial charge is 0.468 e. The number of hydrogen-bond donors (Lipinski definition) is 1. The molecule has 1 aromatic carbocycles. The number of esters is 1. The number of nitrogens with one attached hydrogen (secondary N) is 1. The molecular formula is C20H22N2O4. The summed E-state index contributed by atoms with van der Waals surface area (Å²) in [6.07, 6.45) is 7.40. The predicted octanol–water partition coefficient (Wildman–Crippen LogP) is 2.24. The van der Waals surface area contributed by atoms with Crippen LogP contribution in [0.15, 0.2) is 59.5 Å². The quantitative estimate of drug-likeness (QED) is 0.583. The van der Waals surface area contributed by atoms with E-state index in [9.17, 15) is 14.4 Å². The Morgan fingerprint density at radius 1 is 1.19 bits per heavy atom. The lowest BCUT2D eigenvalue weighted by Gasteiger charge is -2.05. The highest BCUT2D eigenvalue weighted by Gasteiger charge is 2.07. The van der Waals surface area contributed by atoms with Crippen molar-refractivity contribution < 1.29 is 14.3 Å². The Labute approximate surface area is 152 Å². The molecule has 26 heavy (non-hydrogen) atoms. The minimum absolute atomic E-state index is 0.00199. The van der Waals surface area contributed by atoms with Crippen LogP contribution in [0.5, 0.6) is 0 Å². The van der Waals surface area contributed by atoms with Gasteiger partial charge >= 0.3 is 5.97 Å². The summed E-state index contributed by atoms with van der Waals surface area (Å²) in [6.45, 7) is 0.508. The number of aromatic nitrogens is 1. The van der Waals surface area contributed by atoms with Crippen molar-refractivity contribution in [3.63, 3.8) is 0 Å². The number of rotatable bonds is 8. The van der Waals surface area contributed by atoms with Crippen LogP contribution in [-0.2, 0) is 16.1 Å². The Balaban J connectivity index is 1.84. The first kappa shape index (κ1) is 19.2. The van der Waals surface area contributed by atoms with Gasteiger partial charge in [0, 0.05) is 24.4 Å². The number of amides is 1. The molecule has 2 rings (SSSR count). The lowest BCUT2D eigenvalue weighted by Crippen LogP contribution is -2.30. The van der Waals surface area contributed by atoms with E-state index in [0.29, 0.717) is 12.1 Å². The molecule has 0 atom stereocenters. The summed E-state index contributed by atoms with van der Waals surface area (Å²) in [6, 6.07) is 12.2. The third-order valence-electron chi connectivity index (χ3n) is 3.75. The van der Waals surface area contributed by atoms with Gasteiger partial charge in [0.15, 0.2) is 0 Å². The van der Waals surface area contributed by atoms with Crippen LogP contribution >= 0.6 is 0 Å². The first-order chi connectivity index (χ1) is 12.6. The fraction of sp³-hybridized carbons (Fsp3) is 0.250. The number of pyridine rings is 1. The molecule has 1 heterocycles. The van der Waals surface area contributed by atoms with E-state index < -0.39 is 5.97 Å². The van der Waals surface area contributed by atoms with E-state index in [1.807, 2.05) is 24.3 Å². The average Bonchev–Trinajstić information content (AvgIpc) is 2.67. The Morgan fingerprint density at radius 2 is 2.04 bits per heavy atom. The number of aryl methyl sites for hydroxylation is 1. The van der Waals surface area contributed by atoms with Crippen LogP contribution in [0, 0.1) is 0 Å². The summed E-state index contributed by atoms with van der Waals surface area (Å²) in [7, 11) is 1.27. The van der Waals surface area contributed by atoms with E-state index >= 15 is 0 Å². The Bertz CT molecular complexity index is 839. The van der Waals surface area contributed by atoms with Crippen molar-refractivity contribution in [3.05, 3.63) is 76.2 Å². The van der Waals surface area contributed by atoms with Gasteiger partial charge in [-0.3, -0.25) is 14.4 Å². The van der Waals surface area contributed by atoms with Gasteiger partial charge in [-0.25, -0.2) is 0 Å². The minimum atomic E-state index is -0.494. The van der Waals surface area contributed by atoms with Crippen molar-refractivity contribution in [2.75, 3.05) is 13.7 Å². The molecular weight excluding hydrogens is 332 g/mol. The van der Waals surface area contributed by atoms with Crippen molar-refractivity contribution in [3.8, 4) is 0 Å². The molecule has 0 unspecified atom stereocenters. The molecule has 1 amide bonds. The Kier molecular flexibility index (Phi) is 7.36. The van der Waals surface area contributed by atoms with E-state index in [2.05, 4.69) is 10.1 Å². The van der Waals surface area contributed by atoms with Gasteiger partial charge in [-0.15, -0.1) is 0 Å². The second-order valence-electron chi connectivity index (χ2n) is 5.66. The van der Waals surface area contributed by atoms with Crippen molar-refractivity contribution in [2.45, 2.75) is 19.4 Å². The monoisotopic (exact) mass is 354 g/mol. The smallest absolute Gasteiger partial charge is 0.325 e. The van der Waals surface area contributed by atoms with Crippen molar-refractivity contribution >= 4 is 18.0 Å². The summed E-state index contributed by atoms with van der Waals surface area (Å²) in [5, 5.41) is 2.51. The number of carbonyl (C=O) groups is 2. The zero-order valence-electron chi connectivity index (χ0n) is 14.7. The SMILES string of the molecule is COC(=O)CNC(=O)c1cccc(/C=C\CCCn2ccccc2=O)c1. The molecule has 0 radical (unpaired) electrons. The molecule has 0 aliphatic heterocycles. The Hall–Kier alpha value is -3.15. The molecule has 1 aromatic heterocycles. The number of nitrogens with zero attached hydrogens (tertiary/aromatic N) is 1. The van der Waals surface area contributed by atoms with Crippen molar-refractivity contribution in [1.82, 2.24) is 9.88 Å². The van der Waals surface area contributed by atoms with Gasteiger partial charge in [-0.2, -0.15) is 0 Å². The molecule has 0 bridgehead atoms. The third kappa shape index (κ3) is 6.05. The molecule has 0 saturated heterocycles. The highest BCUT2D eigenvalue weighted by molar-refractivity contribution is 5.96.